The van der Waals surface area contributed by atoms with Gasteiger partial charge in [-0.25, -0.2) is 0 Å². The van der Waals surface area contributed by atoms with Crippen molar-refractivity contribution in [1.82, 2.24) is 4.90 Å². The first-order valence-electron chi connectivity index (χ1n) is 8.82. The fourth-order valence-electron chi connectivity index (χ4n) is 3.19. The van der Waals surface area contributed by atoms with Crippen molar-refractivity contribution < 1.29 is 9.53 Å². The van der Waals surface area contributed by atoms with E-state index in [-0.39, 0.29) is 5.91 Å². The van der Waals surface area contributed by atoms with E-state index in [9.17, 15) is 4.79 Å². The molecule has 0 saturated carbocycles. The summed E-state index contributed by atoms with van der Waals surface area (Å²) in [6, 6.07) is 17.6. The molecule has 0 radical (unpaired) electrons. The quantitative estimate of drug-likeness (QED) is 0.809. The minimum Gasteiger partial charge on any atom is -0.489 e. The van der Waals surface area contributed by atoms with Gasteiger partial charge in [-0.3, -0.25) is 4.79 Å². The van der Waals surface area contributed by atoms with Crippen LogP contribution in [0.3, 0.4) is 0 Å². The molecule has 24 heavy (non-hydrogen) atoms. The maximum Gasteiger partial charge on any atom is 0.253 e. The summed E-state index contributed by atoms with van der Waals surface area (Å²) in [6.45, 7) is 4.50. The molecule has 3 nitrogen and oxygen atoms in total. The predicted molar refractivity (Wildman–Crippen MR) is 96.1 cm³/mol. The third-order valence-electron chi connectivity index (χ3n) is 4.73. The second kappa shape index (κ2) is 8.00. The zero-order valence-electron chi connectivity index (χ0n) is 14.3. The topological polar surface area (TPSA) is 29.5 Å². The molecule has 1 unspecified atom stereocenters. The summed E-state index contributed by atoms with van der Waals surface area (Å²) in [6.07, 6.45) is 3.52. The van der Waals surface area contributed by atoms with Gasteiger partial charge in [0, 0.05) is 18.7 Å². The van der Waals surface area contributed by atoms with Crippen molar-refractivity contribution in [2.45, 2.75) is 32.8 Å². The summed E-state index contributed by atoms with van der Waals surface area (Å²) in [5, 5.41) is 0. The zero-order chi connectivity index (χ0) is 16.8. The van der Waals surface area contributed by atoms with Crippen LogP contribution in [0.15, 0.2) is 54.6 Å². The van der Waals surface area contributed by atoms with Crippen LogP contribution in [0.2, 0.25) is 0 Å². The molecule has 3 rings (SSSR count). The summed E-state index contributed by atoms with van der Waals surface area (Å²) in [7, 11) is 0. The first-order valence-corrected chi connectivity index (χ1v) is 8.82. The van der Waals surface area contributed by atoms with Crippen LogP contribution in [0, 0.1) is 5.92 Å². The van der Waals surface area contributed by atoms with Crippen LogP contribution in [0.1, 0.15) is 42.1 Å². The Kier molecular flexibility index (Phi) is 5.52. The van der Waals surface area contributed by atoms with Gasteiger partial charge < -0.3 is 9.64 Å². The van der Waals surface area contributed by atoms with Crippen LogP contribution < -0.4 is 4.74 Å². The molecule has 126 valence electrons. The van der Waals surface area contributed by atoms with Crippen molar-refractivity contribution in [2.24, 2.45) is 5.92 Å². The summed E-state index contributed by atoms with van der Waals surface area (Å²) in [5.74, 6) is 1.67. The highest BCUT2D eigenvalue weighted by Crippen LogP contribution is 2.21. The van der Waals surface area contributed by atoms with Gasteiger partial charge in [0.25, 0.3) is 5.91 Å². The number of nitrogens with zero attached hydrogens (tertiary/aromatic N) is 1. The smallest absolute Gasteiger partial charge is 0.253 e. The summed E-state index contributed by atoms with van der Waals surface area (Å²) >= 11 is 0. The number of likely N-dealkylation sites (tertiary alicyclic amines) is 1. The van der Waals surface area contributed by atoms with E-state index in [1.54, 1.807) is 0 Å². The summed E-state index contributed by atoms with van der Waals surface area (Å²) in [4.78, 5) is 14.7. The highest BCUT2D eigenvalue weighted by Gasteiger charge is 2.23. The molecule has 3 heteroatoms. The number of hydrogen-bond donors (Lipinski definition) is 0. The lowest BCUT2D eigenvalue weighted by atomic mass is 9.95. The maximum atomic E-state index is 12.6. The van der Waals surface area contributed by atoms with Gasteiger partial charge in [0.05, 0.1) is 0 Å². The first kappa shape index (κ1) is 16.6. The molecule has 2 aromatic rings. The van der Waals surface area contributed by atoms with E-state index in [1.807, 2.05) is 59.5 Å². The standard InChI is InChI=1S/C21H25NO2/c1-2-17-7-6-14-22(15-17)21(23)19-12-10-18(11-13-19)16-24-20-8-4-3-5-9-20/h3-5,8-13,17H,2,6-7,14-16H2,1H3. The second-order valence-electron chi connectivity index (χ2n) is 6.47. The van der Waals surface area contributed by atoms with Crippen LogP contribution in [0.4, 0.5) is 0 Å². The molecule has 1 amide bonds. The number of benzene rings is 2. The van der Waals surface area contributed by atoms with Gasteiger partial charge >= 0.3 is 0 Å². The van der Waals surface area contributed by atoms with Gasteiger partial charge in [-0.2, -0.15) is 0 Å². The fraction of sp³-hybridized carbons (Fsp3) is 0.381. The largest absolute Gasteiger partial charge is 0.489 e. The lowest BCUT2D eigenvalue weighted by Gasteiger charge is -2.32. The molecule has 1 aliphatic rings. The lowest BCUT2D eigenvalue weighted by molar-refractivity contribution is 0.0671. The van der Waals surface area contributed by atoms with Gasteiger partial charge in [0.15, 0.2) is 0 Å². The molecule has 0 aromatic heterocycles. The Hall–Kier alpha value is -2.29. The predicted octanol–water partition coefficient (Wildman–Crippen LogP) is 4.53. The van der Waals surface area contributed by atoms with Crippen molar-refractivity contribution >= 4 is 5.91 Å². The second-order valence-corrected chi connectivity index (χ2v) is 6.47. The van der Waals surface area contributed by atoms with Gasteiger partial charge in [0.2, 0.25) is 0 Å². The Bertz CT molecular complexity index is 651. The van der Waals surface area contributed by atoms with Gasteiger partial charge in [-0.15, -0.1) is 0 Å². The SMILES string of the molecule is CCC1CCCN(C(=O)c2ccc(COc3ccccc3)cc2)C1. The molecule has 0 N–H and O–H groups in total. The first-order chi connectivity index (χ1) is 11.8. The van der Waals surface area contributed by atoms with Crippen LogP contribution >= 0.6 is 0 Å². The minimum atomic E-state index is 0.156. The molecule has 1 aliphatic heterocycles. The average Bonchev–Trinajstić information content (AvgIpc) is 2.67. The Morgan fingerprint density at radius 1 is 1.12 bits per heavy atom. The number of carbonyl (C=O) groups excluding carboxylic acids is 1. The highest BCUT2D eigenvalue weighted by atomic mass is 16.5. The molecule has 1 saturated heterocycles. The van der Waals surface area contributed by atoms with Crippen LogP contribution in [0.25, 0.3) is 0 Å². The van der Waals surface area contributed by atoms with E-state index in [0.29, 0.717) is 12.5 Å². The Balaban J connectivity index is 1.58. The molecule has 0 spiro atoms. The number of hydrogen-bond acceptors (Lipinski definition) is 2. The van der Waals surface area contributed by atoms with Crippen LogP contribution in [0.5, 0.6) is 5.75 Å². The van der Waals surface area contributed by atoms with Crippen molar-refractivity contribution in [2.75, 3.05) is 13.1 Å². The number of piperidine rings is 1. The third kappa shape index (κ3) is 4.16. The van der Waals surface area contributed by atoms with Crippen molar-refractivity contribution in [3.63, 3.8) is 0 Å². The van der Waals surface area contributed by atoms with E-state index >= 15 is 0 Å². The van der Waals surface area contributed by atoms with Crippen LogP contribution in [-0.4, -0.2) is 23.9 Å². The maximum absolute atomic E-state index is 12.6. The molecular formula is C21H25NO2. The summed E-state index contributed by atoms with van der Waals surface area (Å²) in [5.41, 5.74) is 1.84. The lowest BCUT2D eigenvalue weighted by Crippen LogP contribution is -2.39. The number of rotatable bonds is 5. The van der Waals surface area contributed by atoms with E-state index in [1.165, 1.54) is 6.42 Å². The molecule has 1 heterocycles. The number of amides is 1. The van der Waals surface area contributed by atoms with Crippen LogP contribution in [-0.2, 0) is 6.61 Å². The van der Waals surface area contributed by atoms with E-state index < -0.39 is 0 Å². The van der Waals surface area contributed by atoms with Crippen molar-refractivity contribution in [1.29, 1.82) is 0 Å². The Morgan fingerprint density at radius 2 is 1.88 bits per heavy atom. The molecule has 0 bridgehead atoms. The number of para-hydroxylation sites is 1. The fourth-order valence-corrected chi connectivity index (χ4v) is 3.19. The molecule has 1 atom stereocenters. The average molecular weight is 323 g/mol. The molecule has 1 fully saturated rings. The normalized spacial score (nSPS) is 17.5. The summed E-state index contributed by atoms with van der Waals surface area (Å²) < 4.78 is 5.74. The molecular weight excluding hydrogens is 298 g/mol. The van der Waals surface area contributed by atoms with Gasteiger partial charge in [0.1, 0.15) is 12.4 Å². The van der Waals surface area contributed by atoms with Crippen molar-refractivity contribution in [3.8, 4) is 5.75 Å². The highest BCUT2D eigenvalue weighted by molar-refractivity contribution is 5.94. The van der Waals surface area contributed by atoms with Gasteiger partial charge in [-0.1, -0.05) is 43.7 Å². The van der Waals surface area contributed by atoms with Gasteiger partial charge in [-0.05, 0) is 48.6 Å². The Labute approximate surface area is 144 Å². The minimum absolute atomic E-state index is 0.156. The number of ether oxygens (including phenoxy) is 1. The van der Waals surface area contributed by atoms with Crippen molar-refractivity contribution in [3.05, 3.63) is 65.7 Å². The zero-order valence-corrected chi connectivity index (χ0v) is 14.3. The Morgan fingerprint density at radius 3 is 2.58 bits per heavy atom. The van der Waals surface area contributed by atoms with E-state index in [2.05, 4.69) is 6.92 Å². The molecule has 2 aromatic carbocycles. The third-order valence-corrected chi connectivity index (χ3v) is 4.73. The number of carbonyl (C=O) groups is 1. The molecule has 0 aliphatic carbocycles. The van der Waals surface area contributed by atoms with E-state index in [0.717, 1.165) is 42.8 Å². The van der Waals surface area contributed by atoms with E-state index in [4.69, 9.17) is 4.74 Å². The monoisotopic (exact) mass is 323 g/mol.